The van der Waals surface area contributed by atoms with Gasteiger partial charge in [-0.2, -0.15) is 9.50 Å². The largest absolute Gasteiger partial charge is 0.497 e. The summed E-state index contributed by atoms with van der Waals surface area (Å²) in [5, 5.41) is 4.86. The summed E-state index contributed by atoms with van der Waals surface area (Å²) in [6.07, 6.45) is 0. The molecule has 0 saturated carbocycles. The zero-order valence-electron chi connectivity index (χ0n) is 19.2. The van der Waals surface area contributed by atoms with Crippen molar-refractivity contribution in [3.05, 3.63) is 41.9 Å². The molecule has 0 spiro atoms. The number of aryl methyl sites for hydroxylation is 1. The van der Waals surface area contributed by atoms with E-state index in [9.17, 15) is 0 Å². The lowest BCUT2D eigenvalue weighted by atomic mass is 10.2. The quantitative estimate of drug-likeness (QED) is 0.597. The summed E-state index contributed by atoms with van der Waals surface area (Å²) in [7, 11) is 3.87. The lowest BCUT2D eigenvalue weighted by molar-refractivity contribution is 0.244. The first-order chi connectivity index (χ1) is 15.6. The molecule has 2 saturated heterocycles. The Morgan fingerprint density at radius 1 is 0.875 bits per heavy atom. The minimum absolute atomic E-state index is 0.700. The molecule has 170 valence electrons. The Labute approximate surface area is 189 Å². The van der Waals surface area contributed by atoms with E-state index in [-0.39, 0.29) is 0 Å². The minimum atomic E-state index is 0.700. The lowest BCUT2D eigenvalue weighted by Crippen LogP contribution is -2.46. The smallest absolute Gasteiger partial charge is 0.254 e. The van der Waals surface area contributed by atoms with Crippen molar-refractivity contribution in [3.8, 4) is 5.75 Å². The number of methoxy groups -OCH3 is 1. The van der Waals surface area contributed by atoms with Gasteiger partial charge in [0, 0.05) is 69.8 Å². The fourth-order valence-corrected chi connectivity index (χ4v) is 4.49. The van der Waals surface area contributed by atoms with Gasteiger partial charge in [-0.05, 0) is 38.2 Å². The van der Waals surface area contributed by atoms with Crippen LogP contribution in [-0.2, 0) is 6.54 Å². The van der Waals surface area contributed by atoms with Crippen LogP contribution in [0.4, 0.5) is 11.5 Å². The summed E-state index contributed by atoms with van der Waals surface area (Å²) in [4.78, 5) is 19.0. The van der Waals surface area contributed by atoms with E-state index in [1.165, 1.54) is 5.69 Å². The summed E-state index contributed by atoms with van der Waals surface area (Å²) in [5.41, 5.74) is 2.23. The van der Waals surface area contributed by atoms with Crippen LogP contribution in [0.1, 0.15) is 11.5 Å². The van der Waals surface area contributed by atoms with Gasteiger partial charge in [-0.1, -0.05) is 0 Å². The van der Waals surface area contributed by atoms with Crippen LogP contribution in [0.5, 0.6) is 5.75 Å². The maximum atomic E-state index is 5.27. The zero-order valence-corrected chi connectivity index (χ0v) is 19.2. The van der Waals surface area contributed by atoms with Crippen molar-refractivity contribution < 1.29 is 4.74 Å². The van der Waals surface area contributed by atoms with Crippen LogP contribution in [0.15, 0.2) is 30.3 Å². The first kappa shape index (κ1) is 21.0. The van der Waals surface area contributed by atoms with Crippen molar-refractivity contribution in [1.82, 2.24) is 29.4 Å². The molecule has 9 heteroatoms. The molecule has 1 aromatic carbocycles. The monoisotopic (exact) mass is 436 g/mol. The first-order valence-corrected chi connectivity index (χ1v) is 11.4. The fraction of sp³-hybridized carbons (Fsp3) is 0.522. The number of piperazine rings is 2. The van der Waals surface area contributed by atoms with Gasteiger partial charge in [-0.15, -0.1) is 5.10 Å². The molecule has 2 aromatic heterocycles. The second-order valence-corrected chi connectivity index (χ2v) is 8.75. The normalized spacial score (nSPS) is 18.5. The van der Waals surface area contributed by atoms with Gasteiger partial charge in [-0.25, -0.2) is 4.98 Å². The van der Waals surface area contributed by atoms with Crippen molar-refractivity contribution in [2.45, 2.75) is 13.5 Å². The number of aromatic nitrogens is 4. The number of ether oxygens (including phenoxy) is 1. The maximum absolute atomic E-state index is 5.27. The fourth-order valence-electron chi connectivity index (χ4n) is 4.49. The highest BCUT2D eigenvalue weighted by Crippen LogP contribution is 2.22. The van der Waals surface area contributed by atoms with Gasteiger partial charge in [0.05, 0.1) is 13.7 Å². The lowest BCUT2D eigenvalue weighted by Gasteiger charge is -2.35. The van der Waals surface area contributed by atoms with E-state index in [0.717, 1.165) is 82.0 Å². The van der Waals surface area contributed by atoms with Crippen LogP contribution in [0.25, 0.3) is 5.78 Å². The van der Waals surface area contributed by atoms with Crippen LogP contribution in [0, 0.1) is 6.92 Å². The minimum Gasteiger partial charge on any atom is -0.497 e. The molecule has 0 N–H and O–H groups in total. The zero-order chi connectivity index (χ0) is 22.1. The molecule has 2 fully saturated rings. The Kier molecular flexibility index (Phi) is 5.84. The van der Waals surface area contributed by atoms with Gasteiger partial charge in [-0.3, -0.25) is 4.90 Å². The van der Waals surface area contributed by atoms with Gasteiger partial charge in [0.15, 0.2) is 5.82 Å². The number of rotatable bonds is 5. The number of likely N-dealkylation sites (N-methyl/N-ethyl adjacent to an activating group) is 1. The molecule has 0 amide bonds. The maximum Gasteiger partial charge on any atom is 0.254 e. The molecule has 0 atom stereocenters. The van der Waals surface area contributed by atoms with Gasteiger partial charge >= 0.3 is 0 Å². The molecular weight excluding hydrogens is 404 g/mol. The Hall–Kier alpha value is -2.91. The van der Waals surface area contributed by atoms with Crippen LogP contribution >= 0.6 is 0 Å². The molecule has 2 aliphatic heterocycles. The standard InChI is InChI=1S/C23H32N8O/c1-18-16-22(30-12-8-27(2)9-13-30)31-23(24-18)25-21(26-31)17-28-10-14-29(15-11-28)19-4-6-20(32-3)7-5-19/h4-7,16H,8-15,17H2,1-3H3. The van der Waals surface area contributed by atoms with E-state index in [1.807, 2.05) is 23.6 Å². The van der Waals surface area contributed by atoms with Gasteiger partial charge < -0.3 is 19.4 Å². The number of benzene rings is 1. The Balaban J connectivity index is 1.26. The highest BCUT2D eigenvalue weighted by atomic mass is 16.5. The molecule has 32 heavy (non-hydrogen) atoms. The second-order valence-electron chi connectivity index (χ2n) is 8.75. The molecule has 2 aliphatic rings. The highest BCUT2D eigenvalue weighted by Gasteiger charge is 2.22. The molecule has 9 nitrogen and oxygen atoms in total. The van der Waals surface area contributed by atoms with Gasteiger partial charge in [0.1, 0.15) is 11.6 Å². The number of hydrogen-bond acceptors (Lipinski definition) is 8. The highest BCUT2D eigenvalue weighted by molar-refractivity contribution is 5.50. The predicted octanol–water partition coefficient (Wildman–Crippen LogP) is 1.52. The average molecular weight is 437 g/mol. The molecule has 4 heterocycles. The van der Waals surface area contributed by atoms with E-state index < -0.39 is 0 Å². The molecule has 0 unspecified atom stereocenters. The second kappa shape index (κ2) is 8.91. The van der Waals surface area contributed by atoms with E-state index in [1.54, 1.807) is 7.11 Å². The SMILES string of the molecule is COc1ccc(N2CCN(Cc3nc4nc(C)cc(N5CCN(C)CC5)n4n3)CC2)cc1. The van der Waals surface area contributed by atoms with Crippen LogP contribution in [0.2, 0.25) is 0 Å². The molecule has 0 aliphatic carbocycles. The Morgan fingerprint density at radius 3 is 2.25 bits per heavy atom. The Bertz CT molecular complexity index is 1050. The molecule has 5 rings (SSSR count). The number of anilines is 2. The third kappa shape index (κ3) is 4.35. The number of fused-ring (bicyclic) bond motifs is 1. The van der Waals surface area contributed by atoms with Crippen LogP contribution in [-0.4, -0.2) is 95.9 Å². The molecule has 0 bridgehead atoms. The van der Waals surface area contributed by atoms with Crippen molar-refractivity contribution in [3.63, 3.8) is 0 Å². The van der Waals surface area contributed by atoms with Crippen molar-refractivity contribution in [1.29, 1.82) is 0 Å². The predicted molar refractivity (Wildman–Crippen MR) is 126 cm³/mol. The molecule has 0 radical (unpaired) electrons. The summed E-state index contributed by atoms with van der Waals surface area (Å²) >= 11 is 0. The third-order valence-electron chi connectivity index (χ3n) is 6.47. The molecular formula is C23H32N8O. The first-order valence-electron chi connectivity index (χ1n) is 11.4. The number of hydrogen-bond donors (Lipinski definition) is 0. The van der Waals surface area contributed by atoms with Crippen molar-refractivity contribution in [2.75, 3.05) is 76.3 Å². The van der Waals surface area contributed by atoms with E-state index >= 15 is 0 Å². The van der Waals surface area contributed by atoms with Gasteiger partial charge in [0.25, 0.3) is 5.78 Å². The summed E-state index contributed by atoms with van der Waals surface area (Å²) in [5.74, 6) is 3.54. The summed E-state index contributed by atoms with van der Waals surface area (Å²) < 4.78 is 7.20. The van der Waals surface area contributed by atoms with Crippen LogP contribution in [0.3, 0.4) is 0 Å². The van der Waals surface area contributed by atoms with E-state index in [4.69, 9.17) is 14.8 Å². The molecule has 3 aromatic rings. The Morgan fingerprint density at radius 2 is 1.56 bits per heavy atom. The summed E-state index contributed by atoms with van der Waals surface area (Å²) in [6.45, 7) is 10.8. The third-order valence-corrected chi connectivity index (χ3v) is 6.47. The van der Waals surface area contributed by atoms with Crippen LogP contribution < -0.4 is 14.5 Å². The number of nitrogens with zero attached hydrogens (tertiary/aromatic N) is 8. The van der Waals surface area contributed by atoms with E-state index in [2.05, 4.69) is 49.8 Å². The topological polar surface area (TPSA) is 65.3 Å². The van der Waals surface area contributed by atoms with E-state index in [0.29, 0.717) is 5.78 Å². The average Bonchev–Trinajstić information content (AvgIpc) is 3.22. The summed E-state index contributed by atoms with van der Waals surface area (Å²) in [6, 6.07) is 10.4. The van der Waals surface area contributed by atoms with Crippen molar-refractivity contribution in [2.24, 2.45) is 0 Å². The van der Waals surface area contributed by atoms with Crippen molar-refractivity contribution >= 4 is 17.3 Å². The van der Waals surface area contributed by atoms with Gasteiger partial charge in [0.2, 0.25) is 0 Å².